The average molecular weight is 356 g/mol. The number of ether oxygens (including phenoxy) is 1. The lowest BCUT2D eigenvalue weighted by Gasteiger charge is -2.26. The van der Waals surface area contributed by atoms with Gasteiger partial charge in [-0.05, 0) is 54.0 Å². The second-order valence-electron chi connectivity index (χ2n) is 7.25. The first kappa shape index (κ1) is 16.6. The zero-order valence-corrected chi connectivity index (χ0v) is 15.2. The Kier molecular flexibility index (Phi) is 4.55. The van der Waals surface area contributed by atoms with Crippen LogP contribution in [0.1, 0.15) is 43.6 Å². The van der Waals surface area contributed by atoms with Gasteiger partial charge in [0.1, 0.15) is 12.4 Å². The van der Waals surface area contributed by atoms with Gasteiger partial charge in [-0.15, -0.1) is 0 Å². The van der Waals surface area contributed by atoms with Crippen LogP contribution in [-0.2, 0) is 9.84 Å². The highest BCUT2D eigenvalue weighted by atomic mass is 32.2. The van der Waals surface area contributed by atoms with Crippen LogP contribution in [-0.4, -0.2) is 20.8 Å². The lowest BCUT2D eigenvalue weighted by atomic mass is 9.87. The molecule has 0 spiro atoms. The van der Waals surface area contributed by atoms with Gasteiger partial charge in [0.05, 0.1) is 5.75 Å². The molecule has 1 atom stereocenters. The highest BCUT2D eigenvalue weighted by Gasteiger charge is 2.27. The Bertz CT molecular complexity index is 822. The fourth-order valence-electron chi connectivity index (χ4n) is 4.09. The van der Waals surface area contributed by atoms with Crippen LogP contribution in [0.25, 0.3) is 0 Å². The minimum Gasteiger partial charge on any atom is -0.489 e. The molecular formula is C21H24O3S. The molecule has 1 unspecified atom stereocenters. The van der Waals surface area contributed by atoms with Crippen LogP contribution in [0.3, 0.4) is 0 Å². The Morgan fingerprint density at radius 3 is 2.56 bits per heavy atom. The largest absolute Gasteiger partial charge is 0.489 e. The molecule has 0 amide bonds. The second kappa shape index (κ2) is 6.83. The van der Waals surface area contributed by atoms with E-state index >= 15 is 0 Å². The average Bonchev–Trinajstić information content (AvgIpc) is 3.14. The van der Waals surface area contributed by atoms with Crippen LogP contribution < -0.4 is 4.74 Å². The number of allylic oxidation sites excluding steroid dienone is 3. The van der Waals surface area contributed by atoms with E-state index < -0.39 is 9.84 Å². The molecule has 0 radical (unpaired) electrons. The summed E-state index contributed by atoms with van der Waals surface area (Å²) >= 11 is 0. The van der Waals surface area contributed by atoms with Gasteiger partial charge < -0.3 is 4.74 Å². The summed E-state index contributed by atoms with van der Waals surface area (Å²) in [7, 11) is -3.08. The Morgan fingerprint density at radius 1 is 1.04 bits per heavy atom. The Morgan fingerprint density at radius 2 is 1.80 bits per heavy atom. The summed E-state index contributed by atoms with van der Waals surface area (Å²) in [4.78, 5) is 0. The zero-order chi connectivity index (χ0) is 17.3. The molecule has 1 aliphatic heterocycles. The fraction of sp³-hybridized carbons (Fsp3) is 0.429. The van der Waals surface area contributed by atoms with E-state index in [0.717, 1.165) is 16.9 Å². The fourth-order valence-corrected chi connectivity index (χ4v) is 5.50. The molecule has 132 valence electrons. The monoisotopic (exact) mass is 356 g/mol. The Hall–Kier alpha value is -1.81. The van der Waals surface area contributed by atoms with Crippen molar-refractivity contribution in [3.8, 4) is 5.75 Å². The van der Waals surface area contributed by atoms with Crippen LogP contribution in [0, 0.1) is 5.92 Å². The molecule has 3 aliphatic rings. The lowest BCUT2D eigenvalue weighted by Crippen LogP contribution is -2.21. The van der Waals surface area contributed by atoms with Crippen molar-refractivity contribution in [3.05, 3.63) is 64.6 Å². The lowest BCUT2D eigenvalue weighted by molar-refractivity contribution is 0.351. The molecule has 1 heterocycles. The standard InChI is InChI=1S/C21H24O3S/c22-25(23)13-12-18-6-3-7-19(21(18)15-25)14-24-20-10-8-17(9-11-20)16-4-1-2-5-16/h3,6-11,15-16,18H,1-2,4-5,12-14H2. The van der Waals surface area contributed by atoms with Crippen LogP contribution in [0.5, 0.6) is 5.75 Å². The van der Waals surface area contributed by atoms with Crippen LogP contribution in [0.4, 0.5) is 0 Å². The summed E-state index contributed by atoms with van der Waals surface area (Å²) in [6.07, 6.45) is 12.0. The highest BCUT2D eigenvalue weighted by Crippen LogP contribution is 2.35. The first-order valence-electron chi connectivity index (χ1n) is 9.15. The molecule has 1 aromatic carbocycles. The van der Waals surface area contributed by atoms with E-state index in [9.17, 15) is 8.42 Å². The molecule has 0 saturated heterocycles. The third-order valence-corrected chi connectivity index (χ3v) is 6.95. The van der Waals surface area contributed by atoms with Gasteiger partial charge in [0, 0.05) is 11.3 Å². The number of hydrogen-bond donors (Lipinski definition) is 0. The topological polar surface area (TPSA) is 43.4 Å². The molecule has 1 aromatic rings. The van der Waals surface area contributed by atoms with Gasteiger partial charge in [-0.1, -0.05) is 43.2 Å². The predicted molar refractivity (Wildman–Crippen MR) is 100 cm³/mol. The third-order valence-electron chi connectivity index (χ3n) is 5.53. The summed E-state index contributed by atoms with van der Waals surface area (Å²) in [5.74, 6) is 1.99. The van der Waals surface area contributed by atoms with E-state index in [1.165, 1.54) is 36.7 Å². The van der Waals surface area contributed by atoms with Gasteiger partial charge in [-0.25, -0.2) is 8.42 Å². The van der Waals surface area contributed by atoms with E-state index in [-0.39, 0.29) is 11.7 Å². The van der Waals surface area contributed by atoms with Crippen molar-refractivity contribution >= 4 is 9.84 Å². The summed E-state index contributed by atoms with van der Waals surface area (Å²) in [5, 5.41) is 1.45. The minimum absolute atomic E-state index is 0.205. The number of sulfone groups is 1. The van der Waals surface area contributed by atoms with Crippen molar-refractivity contribution in [2.45, 2.75) is 38.0 Å². The van der Waals surface area contributed by atoms with E-state index in [4.69, 9.17) is 4.74 Å². The molecule has 4 rings (SSSR count). The second-order valence-corrected chi connectivity index (χ2v) is 9.22. The van der Waals surface area contributed by atoms with Crippen molar-refractivity contribution < 1.29 is 13.2 Å². The first-order chi connectivity index (χ1) is 12.1. The molecule has 0 N–H and O–H groups in total. The number of rotatable bonds is 4. The van der Waals surface area contributed by atoms with E-state index in [2.05, 4.69) is 18.2 Å². The van der Waals surface area contributed by atoms with Gasteiger partial charge in [0.25, 0.3) is 0 Å². The van der Waals surface area contributed by atoms with Gasteiger partial charge in [-0.3, -0.25) is 0 Å². The third kappa shape index (κ3) is 3.74. The molecule has 0 bridgehead atoms. The van der Waals surface area contributed by atoms with Crippen LogP contribution >= 0.6 is 0 Å². The first-order valence-corrected chi connectivity index (χ1v) is 10.9. The van der Waals surface area contributed by atoms with Gasteiger partial charge >= 0.3 is 0 Å². The van der Waals surface area contributed by atoms with Crippen molar-refractivity contribution in [2.75, 3.05) is 12.4 Å². The molecule has 1 fully saturated rings. The molecule has 0 aromatic heterocycles. The van der Waals surface area contributed by atoms with Crippen molar-refractivity contribution in [3.63, 3.8) is 0 Å². The number of fused-ring (bicyclic) bond motifs is 1. The Labute approximate surface area is 150 Å². The minimum atomic E-state index is -3.08. The zero-order valence-electron chi connectivity index (χ0n) is 14.4. The maximum absolute atomic E-state index is 11.9. The molecular weight excluding hydrogens is 332 g/mol. The van der Waals surface area contributed by atoms with Gasteiger partial charge in [0.2, 0.25) is 0 Å². The van der Waals surface area contributed by atoms with Gasteiger partial charge in [-0.2, -0.15) is 0 Å². The van der Waals surface area contributed by atoms with Crippen LogP contribution in [0.15, 0.2) is 59.0 Å². The van der Waals surface area contributed by atoms with Crippen molar-refractivity contribution in [1.82, 2.24) is 0 Å². The van der Waals surface area contributed by atoms with E-state index in [0.29, 0.717) is 18.9 Å². The van der Waals surface area contributed by atoms with Gasteiger partial charge in [0.15, 0.2) is 9.84 Å². The summed E-state index contributed by atoms with van der Waals surface area (Å²) < 4.78 is 29.8. The summed E-state index contributed by atoms with van der Waals surface area (Å²) in [5.41, 5.74) is 3.28. The molecule has 2 aliphatic carbocycles. The summed E-state index contributed by atoms with van der Waals surface area (Å²) in [6, 6.07) is 8.42. The smallest absolute Gasteiger partial charge is 0.171 e. The number of benzene rings is 1. The predicted octanol–water partition coefficient (Wildman–Crippen LogP) is 4.54. The van der Waals surface area contributed by atoms with E-state index in [1.54, 1.807) is 0 Å². The maximum Gasteiger partial charge on any atom is 0.171 e. The molecule has 4 heteroatoms. The molecule has 25 heavy (non-hydrogen) atoms. The van der Waals surface area contributed by atoms with E-state index in [1.807, 2.05) is 24.3 Å². The Balaban J connectivity index is 1.44. The highest BCUT2D eigenvalue weighted by molar-refractivity contribution is 7.94. The van der Waals surface area contributed by atoms with Crippen LogP contribution in [0.2, 0.25) is 0 Å². The molecule has 1 saturated carbocycles. The number of hydrogen-bond acceptors (Lipinski definition) is 3. The van der Waals surface area contributed by atoms with Crippen molar-refractivity contribution in [2.24, 2.45) is 5.92 Å². The molecule has 3 nitrogen and oxygen atoms in total. The SMILES string of the molecule is O=S1(=O)C=C2C(COc3ccc(C4CCCC4)cc3)=CC=CC2CC1. The summed E-state index contributed by atoms with van der Waals surface area (Å²) in [6.45, 7) is 0.408. The van der Waals surface area contributed by atoms with Crippen molar-refractivity contribution in [1.29, 1.82) is 0 Å². The maximum atomic E-state index is 11.9. The normalized spacial score (nSPS) is 25.2. The quantitative estimate of drug-likeness (QED) is 0.795.